The maximum atomic E-state index is 11.9. The Labute approximate surface area is 81.2 Å². The van der Waals surface area contributed by atoms with E-state index in [1.807, 2.05) is 20.8 Å². The first-order chi connectivity index (χ1) is 5.95. The summed E-state index contributed by atoms with van der Waals surface area (Å²) in [6, 6.07) is 0. The Morgan fingerprint density at radius 2 is 2.15 bits per heavy atom. The van der Waals surface area contributed by atoms with E-state index in [4.69, 9.17) is 0 Å². The van der Waals surface area contributed by atoms with Gasteiger partial charge in [0.2, 0.25) is 0 Å². The van der Waals surface area contributed by atoms with Crippen LogP contribution in [-0.2, 0) is 4.79 Å². The fourth-order valence-electron chi connectivity index (χ4n) is 1.85. The molecule has 1 unspecified atom stereocenters. The van der Waals surface area contributed by atoms with E-state index in [1.54, 1.807) is 0 Å². The van der Waals surface area contributed by atoms with Gasteiger partial charge in [0.15, 0.2) is 0 Å². The third-order valence-electron chi connectivity index (χ3n) is 2.74. The van der Waals surface area contributed by atoms with E-state index in [0.717, 1.165) is 19.3 Å². The van der Waals surface area contributed by atoms with Crippen LogP contribution in [0.15, 0.2) is 11.6 Å². The van der Waals surface area contributed by atoms with E-state index in [1.165, 1.54) is 5.57 Å². The molecule has 0 aromatic carbocycles. The van der Waals surface area contributed by atoms with E-state index in [0.29, 0.717) is 5.78 Å². The van der Waals surface area contributed by atoms with E-state index in [9.17, 15) is 4.79 Å². The maximum Gasteiger partial charge on any atom is 0.145 e. The Balaban J connectivity index is 2.66. The van der Waals surface area contributed by atoms with Gasteiger partial charge in [-0.05, 0) is 19.3 Å². The first kappa shape index (κ1) is 10.5. The summed E-state index contributed by atoms with van der Waals surface area (Å²) >= 11 is 0. The van der Waals surface area contributed by atoms with Gasteiger partial charge in [-0.15, -0.1) is 0 Å². The lowest BCUT2D eigenvalue weighted by Gasteiger charge is -2.20. The molecule has 0 aliphatic heterocycles. The first-order valence-electron chi connectivity index (χ1n) is 5.19. The number of carbonyl (C=O) groups is 1. The van der Waals surface area contributed by atoms with Crippen LogP contribution in [0.3, 0.4) is 0 Å². The molecule has 0 spiro atoms. The largest absolute Gasteiger partial charge is 0.298 e. The summed E-state index contributed by atoms with van der Waals surface area (Å²) in [5.74, 6) is 0.603. The minimum atomic E-state index is -0.176. The number of ketones is 1. The number of allylic oxidation sites excluding steroid dienone is 2. The van der Waals surface area contributed by atoms with Crippen LogP contribution in [0.4, 0.5) is 0 Å². The summed E-state index contributed by atoms with van der Waals surface area (Å²) in [7, 11) is 0. The van der Waals surface area contributed by atoms with Gasteiger partial charge in [-0.3, -0.25) is 4.79 Å². The van der Waals surface area contributed by atoms with Crippen molar-refractivity contribution in [2.24, 2.45) is 11.3 Å². The molecular formula is C12H20O. The first-order valence-corrected chi connectivity index (χ1v) is 5.19. The fraction of sp³-hybridized carbons (Fsp3) is 0.750. The van der Waals surface area contributed by atoms with Crippen LogP contribution >= 0.6 is 0 Å². The summed E-state index contributed by atoms with van der Waals surface area (Å²) in [6.45, 7) is 8.18. The highest BCUT2D eigenvalue weighted by molar-refractivity contribution is 5.87. The molecule has 13 heavy (non-hydrogen) atoms. The standard InChI is InChI=1S/C12H20O/c1-5-9-6-7-10(8-9)11(13)12(2,3)4/h8,10H,5-7H2,1-4H3. The van der Waals surface area contributed by atoms with Crippen molar-refractivity contribution < 1.29 is 4.79 Å². The highest BCUT2D eigenvalue weighted by Crippen LogP contribution is 2.32. The van der Waals surface area contributed by atoms with Crippen molar-refractivity contribution in [3.05, 3.63) is 11.6 Å². The highest BCUT2D eigenvalue weighted by Gasteiger charge is 2.30. The number of Topliss-reactive ketones (excluding diaryl/α,β-unsaturated/α-hetero) is 1. The molecule has 0 bridgehead atoms. The van der Waals surface area contributed by atoms with Gasteiger partial charge in [-0.25, -0.2) is 0 Å². The quantitative estimate of drug-likeness (QED) is 0.596. The Bertz CT molecular complexity index is 230. The molecule has 1 rings (SSSR count). The second-order valence-electron chi connectivity index (χ2n) is 4.94. The molecule has 0 saturated heterocycles. The summed E-state index contributed by atoms with van der Waals surface area (Å²) in [5.41, 5.74) is 1.28. The van der Waals surface area contributed by atoms with Crippen molar-refractivity contribution in [3.8, 4) is 0 Å². The summed E-state index contributed by atoms with van der Waals surface area (Å²) in [4.78, 5) is 11.9. The molecule has 0 radical (unpaired) electrons. The molecule has 0 fully saturated rings. The molecule has 0 aromatic rings. The molecule has 74 valence electrons. The molecular weight excluding hydrogens is 160 g/mol. The minimum absolute atomic E-state index is 0.176. The smallest absolute Gasteiger partial charge is 0.145 e. The van der Waals surface area contributed by atoms with Crippen molar-refractivity contribution in [2.45, 2.75) is 47.0 Å². The van der Waals surface area contributed by atoms with Crippen LogP contribution < -0.4 is 0 Å². The minimum Gasteiger partial charge on any atom is -0.298 e. The number of hydrogen-bond acceptors (Lipinski definition) is 1. The lowest BCUT2D eigenvalue weighted by Crippen LogP contribution is -2.26. The average Bonchev–Trinajstić information content (AvgIpc) is 2.48. The van der Waals surface area contributed by atoms with Crippen molar-refractivity contribution in [1.29, 1.82) is 0 Å². The Morgan fingerprint density at radius 1 is 1.54 bits per heavy atom. The lowest BCUT2D eigenvalue weighted by molar-refractivity contribution is -0.128. The summed E-state index contributed by atoms with van der Waals surface area (Å²) in [5, 5.41) is 0. The zero-order valence-electron chi connectivity index (χ0n) is 9.18. The van der Waals surface area contributed by atoms with Crippen molar-refractivity contribution in [3.63, 3.8) is 0 Å². The van der Waals surface area contributed by atoms with Crippen LogP contribution in [0.5, 0.6) is 0 Å². The number of carbonyl (C=O) groups excluding carboxylic acids is 1. The van der Waals surface area contributed by atoms with Crippen LogP contribution in [-0.4, -0.2) is 5.78 Å². The second kappa shape index (κ2) is 3.65. The van der Waals surface area contributed by atoms with E-state index in [-0.39, 0.29) is 11.3 Å². The van der Waals surface area contributed by atoms with Gasteiger partial charge in [0.1, 0.15) is 5.78 Å². The van der Waals surface area contributed by atoms with Crippen LogP contribution in [0.1, 0.15) is 47.0 Å². The van der Waals surface area contributed by atoms with Gasteiger partial charge in [-0.1, -0.05) is 39.3 Å². The fourth-order valence-corrected chi connectivity index (χ4v) is 1.85. The summed E-state index contributed by atoms with van der Waals surface area (Å²) < 4.78 is 0. The van der Waals surface area contributed by atoms with Crippen LogP contribution in [0.2, 0.25) is 0 Å². The van der Waals surface area contributed by atoms with Crippen LogP contribution in [0.25, 0.3) is 0 Å². The van der Waals surface area contributed by atoms with E-state index >= 15 is 0 Å². The highest BCUT2D eigenvalue weighted by atomic mass is 16.1. The molecule has 1 aliphatic carbocycles. The number of hydrogen-bond donors (Lipinski definition) is 0. The molecule has 0 saturated carbocycles. The van der Waals surface area contributed by atoms with Crippen molar-refractivity contribution in [1.82, 2.24) is 0 Å². The Hall–Kier alpha value is -0.590. The molecule has 1 heteroatoms. The summed E-state index contributed by atoms with van der Waals surface area (Å²) in [6.07, 6.45) is 5.46. The van der Waals surface area contributed by atoms with Gasteiger partial charge < -0.3 is 0 Å². The van der Waals surface area contributed by atoms with Gasteiger partial charge in [-0.2, -0.15) is 0 Å². The van der Waals surface area contributed by atoms with Gasteiger partial charge >= 0.3 is 0 Å². The zero-order chi connectivity index (χ0) is 10.1. The Kier molecular flexibility index (Phi) is 2.94. The van der Waals surface area contributed by atoms with Crippen molar-refractivity contribution in [2.75, 3.05) is 0 Å². The predicted molar refractivity (Wildman–Crippen MR) is 55.6 cm³/mol. The van der Waals surface area contributed by atoms with E-state index < -0.39 is 0 Å². The average molecular weight is 180 g/mol. The van der Waals surface area contributed by atoms with Crippen molar-refractivity contribution >= 4 is 5.78 Å². The monoisotopic (exact) mass is 180 g/mol. The van der Waals surface area contributed by atoms with Gasteiger partial charge in [0, 0.05) is 11.3 Å². The molecule has 0 N–H and O–H groups in total. The normalized spacial score (nSPS) is 23.1. The molecule has 1 nitrogen and oxygen atoms in total. The molecule has 1 aliphatic rings. The second-order valence-corrected chi connectivity index (χ2v) is 4.94. The zero-order valence-corrected chi connectivity index (χ0v) is 9.18. The third kappa shape index (κ3) is 2.43. The maximum absolute atomic E-state index is 11.9. The van der Waals surface area contributed by atoms with Crippen LogP contribution in [0, 0.1) is 11.3 Å². The topological polar surface area (TPSA) is 17.1 Å². The van der Waals surface area contributed by atoms with Gasteiger partial charge in [0.25, 0.3) is 0 Å². The lowest BCUT2D eigenvalue weighted by atomic mass is 9.83. The molecule has 0 aromatic heterocycles. The number of rotatable bonds is 2. The third-order valence-corrected chi connectivity index (χ3v) is 2.74. The Morgan fingerprint density at radius 3 is 2.54 bits per heavy atom. The SMILES string of the molecule is CCC1=CC(C(=O)C(C)(C)C)CC1. The van der Waals surface area contributed by atoms with E-state index in [2.05, 4.69) is 13.0 Å². The molecule has 0 amide bonds. The molecule has 0 heterocycles. The van der Waals surface area contributed by atoms with Gasteiger partial charge in [0.05, 0.1) is 0 Å². The predicted octanol–water partition coefficient (Wildman–Crippen LogP) is 3.35. The molecule has 1 atom stereocenters.